The fourth-order valence-corrected chi connectivity index (χ4v) is 4.85. The largest absolute Gasteiger partial charge is 0.481 e. The van der Waals surface area contributed by atoms with Gasteiger partial charge in [-0.25, -0.2) is 0 Å². The summed E-state index contributed by atoms with van der Waals surface area (Å²) in [7, 11) is 0. The van der Waals surface area contributed by atoms with Gasteiger partial charge in [0.1, 0.15) is 0 Å². The van der Waals surface area contributed by atoms with E-state index in [-0.39, 0.29) is 5.92 Å². The predicted molar refractivity (Wildman–Crippen MR) is 143 cm³/mol. The molecular formula is C30H60O2. The quantitative estimate of drug-likeness (QED) is 0.126. The normalized spacial score (nSPS) is 12.3. The van der Waals surface area contributed by atoms with Crippen LogP contribution in [0.15, 0.2) is 0 Å². The Hall–Kier alpha value is -0.530. The smallest absolute Gasteiger partial charge is 0.306 e. The first-order chi connectivity index (χ1) is 15.7. The Morgan fingerprint density at radius 2 is 0.656 bits per heavy atom. The van der Waals surface area contributed by atoms with Crippen molar-refractivity contribution in [3.63, 3.8) is 0 Å². The molecule has 1 N–H and O–H groups in total. The second-order valence-corrected chi connectivity index (χ2v) is 10.4. The molecule has 0 radical (unpaired) electrons. The van der Waals surface area contributed by atoms with E-state index in [1.165, 1.54) is 141 Å². The summed E-state index contributed by atoms with van der Waals surface area (Å²) in [4.78, 5) is 11.6. The van der Waals surface area contributed by atoms with E-state index in [9.17, 15) is 9.90 Å². The van der Waals surface area contributed by atoms with E-state index in [0.29, 0.717) is 0 Å². The minimum atomic E-state index is -0.559. The molecule has 0 rings (SSSR count). The minimum Gasteiger partial charge on any atom is -0.481 e. The molecule has 1 atom stereocenters. The fraction of sp³-hybridized carbons (Fsp3) is 0.967. The van der Waals surface area contributed by atoms with Crippen LogP contribution in [0.4, 0.5) is 0 Å². The minimum absolute atomic E-state index is 0.0960. The standard InChI is InChI=1S/C30H60O2/c1-3-5-7-9-11-13-15-16-18-20-22-24-26-28-29(30(31)32)27-25-23-21-19-17-14-12-10-8-6-4-2/h29H,3-28H2,1-2H3,(H,31,32). The van der Waals surface area contributed by atoms with Gasteiger partial charge in [0.25, 0.3) is 0 Å². The van der Waals surface area contributed by atoms with E-state index >= 15 is 0 Å². The maximum atomic E-state index is 11.6. The van der Waals surface area contributed by atoms with Gasteiger partial charge in [-0.2, -0.15) is 0 Å². The number of hydrogen-bond donors (Lipinski definition) is 1. The van der Waals surface area contributed by atoms with Crippen molar-refractivity contribution < 1.29 is 9.90 Å². The van der Waals surface area contributed by atoms with Crippen molar-refractivity contribution in [1.29, 1.82) is 0 Å². The molecule has 0 saturated carbocycles. The summed E-state index contributed by atoms with van der Waals surface area (Å²) in [6.07, 6.45) is 34.0. The van der Waals surface area contributed by atoms with Crippen LogP contribution in [-0.4, -0.2) is 11.1 Å². The molecule has 0 bridgehead atoms. The molecule has 0 aromatic heterocycles. The lowest BCUT2D eigenvalue weighted by Gasteiger charge is -2.12. The third-order valence-corrected chi connectivity index (χ3v) is 7.16. The SMILES string of the molecule is CCCCCCCCCCCCCCCC(CCCCCCCCCCCCC)C(=O)O. The van der Waals surface area contributed by atoms with Crippen molar-refractivity contribution in [3.05, 3.63) is 0 Å². The first-order valence-corrected chi connectivity index (χ1v) is 14.9. The van der Waals surface area contributed by atoms with Gasteiger partial charge in [0.2, 0.25) is 0 Å². The Bertz CT molecular complexity index is 366. The van der Waals surface area contributed by atoms with Crippen molar-refractivity contribution in [2.45, 2.75) is 181 Å². The highest BCUT2D eigenvalue weighted by Crippen LogP contribution is 2.20. The average Bonchev–Trinajstić information content (AvgIpc) is 2.78. The molecule has 0 aliphatic carbocycles. The van der Waals surface area contributed by atoms with Gasteiger partial charge in [-0.15, -0.1) is 0 Å². The summed E-state index contributed by atoms with van der Waals surface area (Å²) in [6.45, 7) is 4.55. The van der Waals surface area contributed by atoms with E-state index in [0.717, 1.165) is 25.7 Å². The van der Waals surface area contributed by atoms with Crippen LogP contribution in [-0.2, 0) is 4.79 Å². The van der Waals surface area contributed by atoms with Crippen molar-refractivity contribution in [1.82, 2.24) is 0 Å². The Morgan fingerprint density at radius 1 is 0.438 bits per heavy atom. The number of carboxylic acid groups (broad SMARTS) is 1. The molecule has 0 saturated heterocycles. The maximum absolute atomic E-state index is 11.6. The van der Waals surface area contributed by atoms with E-state index < -0.39 is 5.97 Å². The van der Waals surface area contributed by atoms with Gasteiger partial charge >= 0.3 is 5.97 Å². The molecule has 192 valence electrons. The van der Waals surface area contributed by atoms with Gasteiger partial charge in [0.15, 0.2) is 0 Å². The van der Waals surface area contributed by atoms with Gasteiger partial charge < -0.3 is 5.11 Å². The third kappa shape index (κ3) is 24.1. The zero-order valence-corrected chi connectivity index (χ0v) is 22.3. The lowest BCUT2D eigenvalue weighted by Crippen LogP contribution is -2.13. The van der Waals surface area contributed by atoms with Crippen LogP contribution >= 0.6 is 0 Å². The number of carbonyl (C=O) groups is 1. The van der Waals surface area contributed by atoms with Crippen molar-refractivity contribution in [2.24, 2.45) is 5.92 Å². The first-order valence-electron chi connectivity index (χ1n) is 14.9. The lowest BCUT2D eigenvalue weighted by atomic mass is 9.94. The molecule has 0 aromatic carbocycles. The van der Waals surface area contributed by atoms with Crippen LogP contribution < -0.4 is 0 Å². The van der Waals surface area contributed by atoms with Crippen LogP contribution in [0, 0.1) is 5.92 Å². The molecule has 2 heteroatoms. The van der Waals surface area contributed by atoms with Crippen molar-refractivity contribution in [2.75, 3.05) is 0 Å². The number of hydrogen-bond acceptors (Lipinski definition) is 1. The highest BCUT2D eigenvalue weighted by molar-refractivity contribution is 5.69. The van der Waals surface area contributed by atoms with Crippen LogP contribution in [0.25, 0.3) is 0 Å². The zero-order valence-electron chi connectivity index (χ0n) is 22.3. The summed E-state index contributed by atoms with van der Waals surface area (Å²) in [6, 6.07) is 0. The summed E-state index contributed by atoms with van der Waals surface area (Å²) in [5, 5.41) is 9.53. The summed E-state index contributed by atoms with van der Waals surface area (Å²) in [5.74, 6) is -0.655. The van der Waals surface area contributed by atoms with Crippen LogP contribution in [0.1, 0.15) is 181 Å². The molecule has 0 aliphatic rings. The summed E-state index contributed by atoms with van der Waals surface area (Å²) >= 11 is 0. The number of rotatable bonds is 27. The molecule has 0 amide bonds. The zero-order chi connectivity index (χ0) is 23.5. The molecule has 0 spiro atoms. The fourth-order valence-electron chi connectivity index (χ4n) is 4.85. The molecule has 0 heterocycles. The van der Waals surface area contributed by atoms with E-state index in [2.05, 4.69) is 13.8 Å². The Labute approximate surface area is 202 Å². The predicted octanol–water partition coefficient (Wildman–Crippen LogP) is 10.9. The third-order valence-electron chi connectivity index (χ3n) is 7.16. The van der Waals surface area contributed by atoms with E-state index in [1.54, 1.807) is 0 Å². The van der Waals surface area contributed by atoms with E-state index in [1.807, 2.05) is 0 Å². The Kier molecular flexibility index (Phi) is 26.3. The average molecular weight is 453 g/mol. The van der Waals surface area contributed by atoms with Gasteiger partial charge in [0, 0.05) is 0 Å². The summed E-state index contributed by atoms with van der Waals surface area (Å²) < 4.78 is 0. The van der Waals surface area contributed by atoms with E-state index in [4.69, 9.17) is 0 Å². The van der Waals surface area contributed by atoms with Gasteiger partial charge in [-0.05, 0) is 12.8 Å². The molecule has 1 unspecified atom stereocenters. The Balaban J connectivity index is 3.42. The Morgan fingerprint density at radius 3 is 0.875 bits per heavy atom. The van der Waals surface area contributed by atoms with Crippen LogP contribution in [0.2, 0.25) is 0 Å². The second kappa shape index (κ2) is 26.7. The van der Waals surface area contributed by atoms with Crippen LogP contribution in [0.3, 0.4) is 0 Å². The van der Waals surface area contributed by atoms with Crippen molar-refractivity contribution >= 4 is 5.97 Å². The molecular weight excluding hydrogens is 392 g/mol. The lowest BCUT2D eigenvalue weighted by molar-refractivity contribution is -0.142. The van der Waals surface area contributed by atoms with Crippen LogP contribution in [0.5, 0.6) is 0 Å². The summed E-state index contributed by atoms with van der Waals surface area (Å²) in [5.41, 5.74) is 0. The van der Waals surface area contributed by atoms with Crippen molar-refractivity contribution in [3.8, 4) is 0 Å². The second-order valence-electron chi connectivity index (χ2n) is 10.4. The topological polar surface area (TPSA) is 37.3 Å². The van der Waals surface area contributed by atoms with Gasteiger partial charge in [-0.1, -0.05) is 168 Å². The first kappa shape index (κ1) is 31.5. The molecule has 0 fully saturated rings. The van der Waals surface area contributed by atoms with Gasteiger partial charge in [0.05, 0.1) is 5.92 Å². The molecule has 32 heavy (non-hydrogen) atoms. The number of carboxylic acids is 1. The highest BCUT2D eigenvalue weighted by atomic mass is 16.4. The maximum Gasteiger partial charge on any atom is 0.306 e. The number of aliphatic carboxylic acids is 1. The molecule has 0 aliphatic heterocycles. The highest BCUT2D eigenvalue weighted by Gasteiger charge is 2.16. The molecule has 2 nitrogen and oxygen atoms in total. The molecule has 0 aromatic rings. The number of unbranched alkanes of at least 4 members (excludes halogenated alkanes) is 22. The van der Waals surface area contributed by atoms with Gasteiger partial charge in [-0.3, -0.25) is 4.79 Å². The monoisotopic (exact) mass is 452 g/mol.